The Balaban J connectivity index is 0.00000151. The van der Waals surface area contributed by atoms with E-state index >= 15 is 0 Å². The lowest BCUT2D eigenvalue weighted by Crippen LogP contribution is -2.43. The third kappa shape index (κ3) is 5.89. The number of rotatable bonds is 5. The zero-order valence-corrected chi connectivity index (χ0v) is 14.9. The second-order valence-corrected chi connectivity index (χ2v) is 5.88. The summed E-state index contributed by atoms with van der Waals surface area (Å²) in [5.41, 5.74) is 0.876. The normalized spacial score (nSPS) is 23.1. The minimum absolute atomic E-state index is 0.107. The van der Waals surface area contributed by atoms with Crippen molar-refractivity contribution in [1.29, 1.82) is 0 Å². The molecule has 0 bridgehead atoms. The van der Waals surface area contributed by atoms with Crippen molar-refractivity contribution in [3.63, 3.8) is 0 Å². The maximum Gasteiger partial charge on any atom is 0.338 e. The van der Waals surface area contributed by atoms with E-state index in [0.29, 0.717) is 18.8 Å². The molecule has 25 heavy (non-hydrogen) atoms. The van der Waals surface area contributed by atoms with Crippen molar-refractivity contribution < 1.29 is 24.1 Å². The fourth-order valence-electron chi connectivity index (χ4n) is 2.19. The highest BCUT2D eigenvalue weighted by atomic mass is 16.7. The van der Waals surface area contributed by atoms with E-state index in [1.807, 2.05) is 19.9 Å². The molecule has 0 amide bonds. The maximum atomic E-state index is 12.0. The number of hydrogen-bond donors (Lipinski definition) is 1. The Hall–Kier alpha value is -2.37. The van der Waals surface area contributed by atoms with Gasteiger partial charge in [-0.2, -0.15) is 0 Å². The molecule has 1 aliphatic rings. The fraction of sp³-hybridized carbons (Fsp3) is 0.350. The van der Waals surface area contributed by atoms with E-state index in [4.69, 9.17) is 14.2 Å². The molecule has 0 spiro atoms. The predicted octanol–water partition coefficient (Wildman–Crippen LogP) is 3.86. The van der Waals surface area contributed by atoms with Crippen molar-refractivity contribution in [3.8, 4) is 5.75 Å². The van der Waals surface area contributed by atoms with Crippen LogP contribution in [0.1, 0.15) is 24.2 Å². The molecule has 0 radical (unpaired) electrons. The van der Waals surface area contributed by atoms with Gasteiger partial charge in [0.15, 0.2) is 6.29 Å². The van der Waals surface area contributed by atoms with Crippen molar-refractivity contribution in [2.45, 2.75) is 20.1 Å². The summed E-state index contributed by atoms with van der Waals surface area (Å²) in [7, 11) is 0. The molecule has 1 fully saturated rings. The topological polar surface area (TPSA) is 65.0 Å². The number of esters is 1. The number of hydrogen-bond acceptors (Lipinski definition) is 5. The molecule has 136 valence electrons. The molecule has 1 aliphatic heterocycles. The summed E-state index contributed by atoms with van der Waals surface area (Å²) in [5, 5.41) is 9.23. The van der Waals surface area contributed by atoms with Crippen LogP contribution in [0.5, 0.6) is 5.75 Å². The molecule has 1 saturated heterocycles. The smallest absolute Gasteiger partial charge is 0.338 e. The van der Waals surface area contributed by atoms with Crippen molar-refractivity contribution in [2.75, 3.05) is 19.8 Å². The largest absolute Gasteiger partial charge is 0.508 e. The highest BCUT2D eigenvalue weighted by Crippen LogP contribution is 2.27. The van der Waals surface area contributed by atoms with E-state index in [0.717, 1.165) is 5.57 Å². The number of phenols is 1. The van der Waals surface area contributed by atoms with Crippen LogP contribution in [-0.2, 0) is 14.2 Å². The molecule has 1 aromatic carbocycles. The molecule has 5 heteroatoms. The first kappa shape index (κ1) is 20.7. The number of aromatic hydroxyl groups is 1. The number of ether oxygens (including phenoxy) is 3. The third-order valence-corrected chi connectivity index (χ3v) is 3.66. The van der Waals surface area contributed by atoms with Crippen molar-refractivity contribution in [1.82, 2.24) is 0 Å². The summed E-state index contributed by atoms with van der Waals surface area (Å²) >= 11 is 0. The van der Waals surface area contributed by atoms with Crippen LogP contribution in [0, 0.1) is 5.41 Å². The van der Waals surface area contributed by atoms with Gasteiger partial charge in [0.05, 0.1) is 18.8 Å². The van der Waals surface area contributed by atoms with Gasteiger partial charge >= 0.3 is 5.97 Å². The molecule has 1 aromatic rings. The van der Waals surface area contributed by atoms with Crippen molar-refractivity contribution in [2.24, 2.45) is 5.41 Å². The third-order valence-electron chi connectivity index (χ3n) is 3.66. The number of carbonyl (C=O) groups excluding carboxylic acids is 1. The van der Waals surface area contributed by atoms with Gasteiger partial charge in [-0.05, 0) is 31.2 Å². The quantitative estimate of drug-likeness (QED) is 0.498. The first-order valence-electron chi connectivity index (χ1n) is 7.95. The average Bonchev–Trinajstić information content (AvgIpc) is 2.65. The highest BCUT2D eigenvalue weighted by Gasteiger charge is 2.35. The zero-order chi connectivity index (χ0) is 18.9. The van der Waals surface area contributed by atoms with Crippen LogP contribution in [-0.4, -0.2) is 37.2 Å². The number of allylic oxidation sites excluding steroid dienone is 1. The Labute approximate surface area is 149 Å². The lowest BCUT2D eigenvalue weighted by Gasteiger charge is -2.37. The summed E-state index contributed by atoms with van der Waals surface area (Å²) in [6.45, 7) is 14.6. The molecule has 0 aliphatic carbocycles. The summed E-state index contributed by atoms with van der Waals surface area (Å²) in [6, 6.07) is 5.94. The second kappa shape index (κ2) is 9.81. The van der Waals surface area contributed by atoms with Gasteiger partial charge in [0.2, 0.25) is 0 Å². The Morgan fingerprint density at radius 2 is 1.88 bits per heavy atom. The van der Waals surface area contributed by atoms with Gasteiger partial charge in [-0.25, -0.2) is 4.79 Å². The van der Waals surface area contributed by atoms with Crippen LogP contribution in [0.4, 0.5) is 0 Å². The molecule has 1 heterocycles. The van der Waals surface area contributed by atoms with E-state index in [9.17, 15) is 9.90 Å². The molecule has 0 unspecified atom stereocenters. The van der Waals surface area contributed by atoms with Gasteiger partial charge in [-0.15, -0.1) is 13.2 Å². The zero-order valence-electron chi connectivity index (χ0n) is 14.9. The van der Waals surface area contributed by atoms with Crippen molar-refractivity contribution in [3.05, 3.63) is 67.3 Å². The Kier molecular flexibility index (Phi) is 8.11. The Bertz CT molecular complexity index is 595. The summed E-state index contributed by atoms with van der Waals surface area (Å²) < 4.78 is 16.8. The Morgan fingerprint density at radius 1 is 1.32 bits per heavy atom. The van der Waals surface area contributed by atoms with Gasteiger partial charge in [0.1, 0.15) is 12.4 Å². The standard InChI is InChI=1S/C18H22O5.C2H4/c1-4-13(5-2)17-22-11-18(3,12-23-17)10-21-16(20)14-6-8-15(19)9-7-14;1-2/h4-9,17,19H,1,10-12H2,2-3H3;1-2H2/b13-5+;. The van der Waals surface area contributed by atoms with Crippen LogP contribution >= 0.6 is 0 Å². The van der Waals surface area contributed by atoms with Gasteiger partial charge in [0, 0.05) is 11.0 Å². The van der Waals surface area contributed by atoms with E-state index in [2.05, 4.69) is 19.7 Å². The fourth-order valence-corrected chi connectivity index (χ4v) is 2.19. The van der Waals surface area contributed by atoms with E-state index < -0.39 is 17.7 Å². The molecule has 1 N–H and O–H groups in total. The first-order chi connectivity index (χ1) is 12.0. The summed E-state index contributed by atoms with van der Waals surface area (Å²) in [6.07, 6.45) is 3.18. The number of benzene rings is 1. The van der Waals surface area contributed by atoms with Crippen LogP contribution in [0.25, 0.3) is 0 Å². The van der Waals surface area contributed by atoms with E-state index in [1.165, 1.54) is 24.3 Å². The monoisotopic (exact) mass is 346 g/mol. The molecule has 0 atom stereocenters. The van der Waals surface area contributed by atoms with Crippen molar-refractivity contribution >= 4 is 5.97 Å². The molecular weight excluding hydrogens is 320 g/mol. The van der Waals surface area contributed by atoms with Crippen LogP contribution in [0.3, 0.4) is 0 Å². The van der Waals surface area contributed by atoms with E-state index in [-0.39, 0.29) is 12.4 Å². The van der Waals surface area contributed by atoms with E-state index in [1.54, 1.807) is 6.08 Å². The molecule has 5 nitrogen and oxygen atoms in total. The SMILES string of the molecule is C=C.C=C/C(=C\C)C1OCC(C)(COC(=O)c2ccc(O)cc2)CO1. The molecule has 0 aromatic heterocycles. The molecule has 0 saturated carbocycles. The summed E-state index contributed by atoms with van der Waals surface area (Å²) in [4.78, 5) is 12.0. The lowest BCUT2D eigenvalue weighted by atomic mass is 9.93. The minimum Gasteiger partial charge on any atom is -0.508 e. The number of phenolic OH excluding ortho intramolecular Hbond substituents is 1. The first-order valence-corrected chi connectivity index (χ1v) is 7.95. The maximum absolute atomic E-state index is 12.0. The second-order valence-electron chi connectivity index (χ2n) is 5.88. The lowest BCUT2D eigenvalue weighted by molar-refractivity contribution is -0.213. The van der Waals surface area contributed by atoms with Crippen LogP contribution in [0.2, 0.25) is 0 Å². The minimum atomic E-state index is -0.436. The van der Waals surface area contributed by atoms with Crippen LogP contribution in [0.15, 0.2) is 61.7 Å². The van der Waals surface area contributed by atoms with Gasteiger partial charge in [-0.3, -0.25) is 0 Å². The van der Waals surface area contributed by atoms with Crippen LogP contribution < -0.4 is 0 Å². The van der Waals surface area contributed by atoms with Gasteiger partial charge in [-0.1, -0.05) is 25.7 Å². The summed E-state index contributed by atoms with van der Waals surface area (Å²) in [5.74, 6) is -0.329. The van der Waals surface area contributed by atoms with Gasteiger partial charge < -0.3 is 19.3 Å². The average molecular weight is 346 g/mol. The van der Waals surface area contributed by atoms with Gasteiger partial charge in [0.25, 0.3) is 0 Å². The molecular formula is C20H26O5. The molecule has 2 rings (SSSR count). The Morgan fingerprint density at radius 3 is 2.36 bits per heavy atom. The highest BCUT2D eigenvalue weighted by molar-refractivity contribution is 5.89. The predicted molar refractivity (Wildman–Crippen MR) is 97.4 cm³/mol. The number of carbonyl (C=O) groups is 1.